The van der Waals surface area contributed by atoms with Crippen molar-refractivity contribution in [3.8, 4) is 34.1 Å². The largest absolute Gasteiger partial charge is 0.507 e. The molecule has 0 fully saturated rings. The molecule has 0 amide bonds. The molecule has 4 nitrogen and oxygen atoms in total. The van der Waals surface area contributed by atoms with E-state index in [0.29, 0.717) is 38.6 Å². The van der Waals surface area contributed by atoms with Crippen LogP contribution in [-0.2, 0) is 0 Å². The molecule has 0 unspecified atom stereocenters. The van der Waals surface area contributed by atoms with Crippen molar-refractivity contribution < 1.29 is 20.4 Å². The van der Waals surface area contributed by atoms with Crippen LogP contribution in [0.15, 0.2) is 30.3 Å². The van der Waals surface area contributed by atoms with Crippen molar-refractivity contribution in [2.75, 3.05) is 0 Å². The fourth-order valence-electron chi connectivity index (χ4n) is 2.98. The van der Waals surface area contributed by atoms with Crippen LogP contribution >= 0.6 is 0 Å². The van der Waals surface area contributed by atoms with Gasteiger partial charge in [-0.1, -0.05) is 12.1 Å². The van der Waals surface area contributed by atoms with Crippen LogP contribution in [0.5, 0.6) is 23.0 Å². The molecular formula is C19H18O4. The first-order valence-corrected chi connectivity index (χ1v) is 7.30. The van der Waals surface area contributed by atoms with E-state index in [9.17, 15) is 20.4 Å². The molecule has 3 rings (SSSR count). The van der Waals surface area contributed by atoms with E-state index in [1.54, 1.807) is 51.1 Å². The lowest BCUT2D eigenvalue weighted by atomic mass is 9.91. The molecule has 0 atom stereocenters. The summed E-state index contributed by atoms with van der Waals surface area (Å²) in [5.41, 5.74) is 2.49. The van der Waals surface area contributed by atoms with Crippen molar-refractivity contribution >= 4 is 10.8 Å². The Bertz CT molecular complexity index is 913. The highest BCUT2D eigenvalue weighted by molar-refractivity contribution is 5.99. The van der Waals surface area contributed by atoms with Gasteiger partial charge in [-0.3, -0.25) is 0 Å². The fraction of sp³-hybridized carbons (Fsp3) is 0.158. The Kier molecular flexibility index (Phi) is 3.33. The summed E-state index contributed by atoms with van der Waals surface area (Å²) < 4.78 is 0. The third kappa shape index (κ3) is 2.06. The molecule has 0 saturated carbocycles. The summed E-state index contributed by atoms with van der Waals surface area (Å²) in [7, 11) is 0. The van der Waals surface area contributed by atoms with Gasteiger partial charge in [0, 0.05) is 27.5 Å². The third-order valence-corrected chi connectivity index (χ3v) is 4.52. The Hall–Kier alpha value is -2.88. The van der Waals surface area contributed by atoms with Crippen molar-refractivity contribution in [2.24, 2.45) is 0 Å². The number of aromatic hydroxyl groups is 4. The van der Waals surface area contributed by atoms with E-state index >= 15 is 0 Å². The Morgan fingerprint density at radius 3 is 1.96 bits per heavy atom. The van der Waals surface area contributed by atoms with Crippen LogP contribution in [0.2, 0.25) is 0 Å². The van der Waals surface area contributed by atoms with Gasteiger partial charge in [0.05, 0.1) is 0 Å². The molecule has 0 saturated heterocycles. The molecule has 118 valence electrons. The summed E-state index contributed by atoms with van der Waals surface area (Å²) in [4.78, 5) is 0. The molecule has 3 aromatic rings. The predicted molar refractivity (Wildman–Crippen MR) is 90.3 cm³/mol. The fourth-order valence-corrected chi connectivity index (χ4v) is 2.98. The van der Waals surface area contributed by atoms with Gasteiger partial charge in [-0.15, -0.1) is 0 Å². The number of phenolic OH excluding ortho intramolecular Hbond substituents is 4. The second kappa shape index (κ2) is 5.09. The molecule has 0 aliphatic carbocycles. The molecule has 4 N–H and O–H groups in total. The Balaban J connectivity index is 2.41. The van der Waals surface area contributed by atoms with Gasteiger partial charge in [-0.25, -0.2) is 0 Å². The zero-order valence-electron chi connectivity index (χ0n) is 13.2. The molecule has 0 heterocycles. The maximum absolute atomic E-state index is 10.6. The summed E-state index contributed by atoms with van der Waals surface area (Å²) in [6.07, 6.45) is 0. The van der Waals surface area contributed by atoms with E-state index in [2.05, 4.69) is 0 Å². The predicted octanol–water partition coefficient (Wildman–Crippen LogP) is 4.25. The van der Waals surface area contributed by atoms with Gasteiger partial charge in [-0.05, 0) is 50.1 Å². The normalized spacial score (nSPS) is 11.1. The maximum atomic E-state index is 10.6. The minimum absolute atomic E-state index is 0.0348. The highest BCUT2D eigenvalue weighted by atomic mass is 16.3. The van der Waals surface area contributed by atoms with E-state index in [-0.39, 0.29) is 23.0 Å². The topological polar surface area (TPSA) is 80.9 Å². The first-order valence-electron chi connectivity index (χ1n) is 7.30. The van der Waals surface area contributed by atoms with Crippen LogP contribution in [0.1, 0.15) is 16.7 Å². The van der Waals surface area contributed by atoms with E-state index < -0.39 is 0 Å². The zero-order chi connectivity index (χ0) is 16.9. The second-order valence-corrected chi connectivity index (χ2v) is 5.78. The molecule has 0 aromatic heterocycles. The lowest BCUT2D eigenvalue weighted by Gasteiger charge is -2.17. The van der Waals surface area contributed by atoms with Gasteiger partial charge in [-0.2, -0.15) is 0 Å². The Labute approximate surface area is 133 Å². The lowest BCUT2D eigenvalue weighted by molar-refractivity contribution is 0.450. The molecular weight excluding hydrogens is 292 g/mol. The maximum Gasteiger partial charge on any atom is 0.131 e. The highest BCUT2D eigenvalue weighted by Gasteiger charge is 2.21. The number of hydrogen-bond donors (Lipinski definition) is 4. The summed E-state index contributed by atoms with van der Waals surface area (Å²) in [5, 5.41) is 42.3. The van der Waals surface area contributed by atoms with Crippen molar-refractivity contribution in [3.63, 3.8) is 0 Å². The zero-order valence-corrected chi connectivity index (χ0v) is 13.2. The molecule has 0 spiro atoms. The average molecular weight is 310 g/mol. The van der Waals surface area contributed by atoms with Gasteiger partial charge in [0.1, 0.15) is 23.0 Å². The number of hydrogen-bond acceptors (Lipinski definition) is 4. The van der Waals surface area contributed by atoms with Gasteiger partial charge < -0.3 is 20.4 Å². The molecule has 23 heavy (non-hydrogen) atoms. The summed E-state index contributed by atoms with van der Waals surface area (Å²) in [5.74, 6) is 0.172. The monoisotopic (exact) mass is 310 g/mol. The van der Waals surface area contributed by atoms with Crippen LogP contribution in [0.3, 0.4) is 0 Å². The van der Waals surface area contributed by atoms with Gasteiger partial charge >= 0.3 is 0 Å². The number of phenols is 4. The van der Waals surface area contributed by atoms with Gasteiger partial charge in [0.15, 0.2) is 0 Å². The van der Waals surface area contributed by atoms with Crippen LogP contribution in [0, 0.1) is 20.8 Å². The van der Waals surface area contributed by atoms with Crippen molar-refractivity contribution in [1.29, 1.82) is 0 Å². The molecule has 0 aliphatic rings. The van der Waals surface area contributed by atoms with E-state index in [0.717, 1.165) is 0 Å². The molecule has 3 aromatic carbocycles. The quantitative estimate of drug-likeness (QED) is 0.506. The SMILES string of the molecule is Cc1c(C)c(O)c(-c2ccc3c(O)cccc3c2O)c(C)c1O. The van der Waals surface area contributed by atoms with E-state index in [4.69, 9.17) is 0 Å². The minimum Gasteiger partial charge on any atom is -0.507 e. The molecule has 0 bridgehead atoms. The van der Waals surface area contributed by atoms with Crippen molar-refractivity contribution in [3.05, 3.63) is 47.0 Å². The van der Waals surface area contributed by atoms with Crippen molar-refractivity contribution in [1.82, 2.24) is 0 Å². The van der Waals surface area contributed by atoms with Crippen molar-refractivity contribution in [2.45, 2.75) is 20.8 Å². The third-order valence-electron chi connectivity index (χ3n) is 4.52. The van der Waals surface area contributed by atoms with E-state index in [1.165, 1.54) is 0 Å². The first-order chi connectivity index (χ1) is 10.8. The summed E-state index contributed by atoms with van der Waals surface area (Å²) in [6.45, 7) is 5.15. The van der Waals surface area contributed by atoms with Gasteiger partial charge in [0.2, 0.25) is 0 Å². The standard InChI is InChI=1S/C19H18O4/c1-9-10(2)18(22)16(11(3)17(9)21)14-8-7-12-13(19(14)23)5-4-6-15(12)20/h4-8,20-23H,1-3H3. The number of benzene rings is 3. The smallest absolute Gasteiger partial charge is 0.131 e. The number of fused-ring (bicyclic) bond motifs is 1. The minimum atomic E-state index is -0.0422. The summed E-state index contributed by atoms with van der Waals surface area (Å²) in [6, 6.07) is 8.21. The summed E-state index contributed by atoms with van der Waals surface area (Å²) >= 11 is 0. The van der Waals surface area contributed by atoms with E-state index in [1.807, 2.05) is 0 Å². The average Bonchev–Trinajstić information content (AvgIpc) is 2.54. The Morgan fingerprint density at radius 1 is 0.609 bits per heavy atom. The number of rotatable bonds is 1. The highest BCUT2D eigenvalue weighted by Crippen LogP contribution is 2.47. The van der Waals surface area contributed by atoms with Crippen LogP contribution < -0.4 is 0 Å². The Morgan fingerprint density at radius 2 is 1.26 bits per heavy atom. The second-order valence-electron chi connectivity index (χ2n) is 5.78. The van der Waals surface area contributed by atoms with Crippen LogP contribution in [0.25, 0.3) is 21.9 Å². The first kappa shape index (κ1) is 15.0. The van der Waals surface area contributed by atoms with Crippen LogP contribution in [-0.4, -0.2) is 20.4 Å². The lowest BCUT2D eigenvalue weighted by Crippen LogP contribution is -1.93. The molecule has 0 aliphatic heterocycles. The van der Waals surface area contributed by atoms with Gasteiger partial charge in [0.25, 0.3) is 0 Å². The van der Waals surface area contributed by atoms with Crippen LogP contribution in [0.4, 0.5) is 0 Å². The molecule has 4 heteroatoms. The molecule has 0 radical (unpaired) electrons.